The second-order valence-corrected chi connectivity index (χ2v) is 5.59. The number of benzene rings is 2. The molecule has 0 radical (unpaired) electrons. The second-order valence-electron chi connectivity index (χ2n) is 5.59. The molecule has 1 unspecified atom stereocenters. The van der Waals surface area contributed by atoms with Gasteiger partial charge < -0.3 is 4.90 Å². The van der Waals surface area contributed by atoms with Crippen molar-refractivity contribution >= 4 is 5.91 Å². The summed E-state index contributed by atoms with van der Waals surface area (Å²) in [5.41, 5.74) is 2.30. The SMILES string of the molecule is C=CCC(C)C(=O)N(Cc1ccccc1)Cc1ccccc1. The van der Waals surface area contributed by atoms with Crippen LogP contribution in [0.4, 0.5) is 0 Å². The summed E-state index contributed by atoms with van der Waals surface area (Å²) in [6.07, 6.45) is 2.52. The van der Waals surface area contributed by atoms with Crippen LogP contribution >= 0.6 is 0 Å². The van der Waals surface area contributed by atoms with Gasteiger partial charge in [-0.25, -0.2) is 0 Å². The number of carbonyl (C=O) groups excluding carboxylic acids is 1. The summed E-state index contributed by atoms with van der Waals surface area (Å²) < 4.78 is 0. The van der Waals surface area contributed by atoms with Gasteiger partial charge in [0.15, 0.2) is 0 Å². The number of allylic oxidation sites excluding steroid dienone is 1. The lowest BCUT2D eigenvalue weighted by molar-refractivity contribution is -0.136. The predicted octanol–water partition coefficient (Wildman–Crippen LogP) is 4.43. The molecule has 0 bridgehead atoms. The summed E-state index contributed by atoms with van der Waals surface area (Å²) in [5, 5.41) is 0. The standard InChI is InChI=1S/C20H23NO/c1-3-10-17(2)20(22)21(15-18-11-6-4-7-12-18)16-19-13-8-5-9-14-19/h3-9,11-14,17H,1,10,15-16H2,2H3. The molecule has 0 spiro atoms. The molecule has 0 aliphatic rings. The molecule has 0 fully saturated rings. The fraction of sp³-hybridized carbons (Fsp3) is 0.250. The van der Waals surface area contributed by atoms with Gasteiger partial charge in [-0.2, -0.15) is 0 Å². The highest BCUT2D eigenvalue weighted by molar-refractivity contribution is 5.78. The largest absolute Gasteiger partial charge is 0.334 e. The van der Waals surface area contributed by atoms with Crippen molar-refractivity contribution in [3.05, 3.63) is 84.4 Å². The Bertz CT molecular complexity index is 550. The number of rotatable bonds is 7. The molecule has 0 saturated heterocycles. The maximum absolute atomic E-state index is 12.7. The average Bonchev–Trinajstić information content (AvgIpc) is 2.56. The van der Waals surface area contributed by atoms with Gasteiger partial charge in [0.1, 0.15) is 0 Å². The Hall–Kier alpha value is -2.35. The van der Waals surface area contributed by atoms with E-state index in [-0.39, 0.29) is 11.8 Å². The lowest BCUT2D eigenvalue weighted by atomic mass is 10.0. The molecule has 0 heterocycles. The third-order valence-electron chi connectivity index (χ3n) is 3.69. The van der Waals surface area contributed by atoms with Crippen LogP contribution in [0.2, 0.25) is 0 Å². The normalized spacial score (nSPS) is 11.7. The van der Waals surface area contributed by atoms with Crippen LogP contribution < -0.4 is 0 Å². The third kappa shape index (κ3) is 4.59. The zero-order valence-corrected chi connectivity index (χ0v) is 13.1. The topological polar surface area (TPSA) is 20.3 Å². The molecule has 0 aliphatic carbocycles. The monoisotopic (exact) mass is 293 g/mol. The van der Waals surface area contributed by atoms with Gasteiger partial charge >= 0.3 is 0 Å². The van der Waals surface area contributed by atoms with Crippen molar-refractivity contribution in [2.75, 3.05) is 0 Å². The van der Waals surface area contributed by atoms with Gasteiger partial charge in [-0.3, -0.25) is 4.79 Å². The molecule has 2 nitrogen and oxygen atoms in total. The van der Waals surface area contributed by atoms with E-state index in [9.17, 15) is 4.79 Å². The van der Waals surface area contributed by atoms with Gasteiger partial charge in [0.25, 0.3) is 0 Å². The van der Waals surface area contributed by atoms with E-state index >= 15 is 0 Å². The zero-order chi connectivity index (χ0) is 15.8. The van der Waals surface area contributed by atoms with Crippen LogP contribution in [0.1, 0.15) is 24.5 Å². The second kappa shape index (κ2) is 8.18. The third-order valence-corrected chi connectivity index (χ3v) is 3.69. The van der Waals surface area contributed by atoms with E-state index in [1.807, 2.05) is 54.3 Å². The molecule has 2 heteroatoms. The fourth-order valence-electron chi connectivity index (χ4n) is 2.48. The van der Waals surface area contributed by atoms with Gasteiger partial charge in [0, 0.05) is 19.0 Å². The number of nitrogens with zero attached hydrogens (tertiary/aromatic N) is 1. The maximum Gasteiger partial charge on any atom is 0.226 e. The van der Waals surface area contributed by atoms with E-state index in [1.54, 1.807) is 0 Å². The summed E-state index contributed by atoms with van der Waals surface area (Å²) >= 11 is 0. The Morgan fingerprint density at radius 2 is 1.45 bits per heavy atom. The smallest absolute Gasteiger partial charge is 0.226 e. The maximum atomic E-state index is 12.7. The minimum absolute atomic E-state index is 0.0371. The fourth-order valence-corrected chi connectivity index (χ4v) is 2.48. The molecule has 0 saturated carbocycles. The molecule has 0 N–H and O–H groups in total. The van der Waals surface area contributed by atoms with E-state index < -0.39 is 0 Å². The molecule has 114 valence electrons. The predicted molar refractivity (Wildman–Crippen MR) is 91.1 cm³/mol. The summed E-state index contributed by atoms with van der Waals surface area (Å²) in [6.45, 7) is 6.97. The van der Waals surface area contributed by atoms with Crippen molar-refractivity contribution in [3.63, 3.8) is 0 Å². The summed E-state index contributed by atoms with van der Waals surface area (Å²) in [6, 6.07) is 20.3. The lowest BCUT2D eigenvalue weighted by Gasteiger charge is -2.26. The number of carbonyl (C=O) groups is 1. The van der Waals surface area contributed by atoms with E-state index in [2.05, 4.69) is 30.8 Å². The first-order chi connectivity index (χ1) is 10.7. The first-order valence-electron chi connectivity index (χ1n) is 7.68. The Labute approximate surface area is 133 Å². The molecule has 0 aliphatic heterocycles. The molecular weight excluding hydrogens is 270 g/mol. The van der Waals surface area contributed by atoms with Gasteiger partial charge in [0.05, 0.1) is 0 Å². The van der Waals surface area contributed by atoms with Crippen molar-refractivity contribution in [1.82, 2.24) is 4.90 Å². The van der Waals surface area contributed by atoms with Crippen molar-refractivity contribution in [2.45, 2.75) is 26.4 Å². The Morgan fingerprint density at radius 1 is 1.00 bits per heavy atom. The van der Waals surface area contributed by atoms with E-state index in [4.69, 9.17) is 0 Å². The van der Waals surface area contributed by atoms with E-state index in [0.29, 0.717) is 19.5 Å². The first-order valence-corrected chi connectivity index (χ1v) is 7.68. The van der Waals surface area contributed by atoms with Crippen LogP contribution in [0.15, 0.2) is 73.3 Å². The minimum atomic E-state index is -0.0371. The zero-order valence-electron chi connectivity index (χ0n) is 13.1. The summed E-state index contributed by atoms with van der Waals surface area (Å²) in [5.74, 6) is 0.137. The van der Waals surface area contributed by atoms with Crippen LogP contribution in [0, 0.1) is 5.92 Å². The number of amides is 1. The van der Waals surface area contributed by atoms with Gasteiger partial charge in [0.2, 0.25) is 5.91 Å². The highest BCUT2D eigenvalue weighted by atomic mass is 16.2. The van der Waals surface area contributed by atoms with E-state index in [0.717, 1.165) is 11.1 Å². The molecule has 2 aromatic rings. The molecule has 0 aromatic heterocycles. The number of hydrogen-bond donors (Lipinski definition) is 0. The Balaban J connectivity index is 2.16. The van der Waals surface area contributed by atoms with Crippen LogP contribution in [0.25, 0.3) is 0 Å². The van der Waals surface area contributed by atoms with Gasteiger partial charge in [-0.05, 0) is 17.5 Å². The van der Waals surface area contributed by atoms with Crippen molar-refractivity contribution in [1.29, 1.82) is 0 Å². The van der Waals surface area contributed by atoms with Gasteiger partial charge in [-0.15, -0.1) is 6.58 Å². The Kier molecular flexibility index (Phi) is 5.96. The van der Waals surface area contributed by atoms with E-state index in [1.165, 1.54) is 0 Å². The lowest BCUT2D eigenvalue weighted by Crippen LogP contribution is -2.34. The summed E-state index contributed by atoms with van der Waals surface area (Å²) in [4.78, 5) is 14.6. The minimum Gasteiger partial charge on any atom is -0.334 e. The van der Waals surface area contributed by atoms with Gasteiger partial charge in [-0.1, -0.05) is 73.7 Å². The molecular formula is C20H23NO. The summed E-state index contributed by atoms with van der Waals surface area (Å²) in [7, 11) is 0. The molecule has 1 atom stereocenters. The van der Waals surface area contributed by atoms with Crippen LogP contribution in [0.5, 0.6) is 0 Å². The highest BCUT2D eigenvalue weighted by Gasteiger charge is 2.20. The van der Waals surface area contributed by atoms with Crippen LogP contribution in [0.3, 0.4) is 0 Å². The quantitative estimate of drug-likeness (QED) is 0.692. The van der Waals surface area contributed by atoms with Crippen molar-refractivity contribution in [2.24, 2.45) is 5.92 Å². The van der Waals surface area contributed by atoms with Crippen molar-refractivity contribution in [3.8, 4) is 0 Å². The molecule has 2 aromatic carbocycles. The molecule has 2 rings (SSSR count). The average molecular weight is 293 g/mol. The van der Waals surface area contributed by atoms with Crippen molar-refractivity contribution < 1.29 is 4.79 Å². The van der Waals surface area contributed by atoms with Crippen LogP contribution in [-0.4, -0.2) is 10.8 Å². The highest BCUT2D eigenvalue weighted by Crippen LogP contribution is 2.15. The first kappa shape index (κ1) is 16.0. The molecule has 1 amide bonds. The Morgan fingerprint density at radius 3 is 1.86 bits per heavy atom. The van der Waals surface area contributed by atoms with Crippen LogP contribution in [-0.2, 0) is 17.9 Å². The number of hydrogen-bond acceptors (Lipinski definition) is 1. The molecule has 22 heavy (non-hydrogen) atoms.